The van der Waals surface area contributed by atoms with Crippen LogP contribution in [-0.4, -0.2) is 42.3 Å². The lowest BCUT2D eigenvalue weighted by molar-refractivity contribution is -0.121. The second-order valence-electron chi connectivity index (χ2n) is 5.49. The number of aliphatic hydroxyl groups excluding tert-OH is 1. The molecule has 0 aromatic carbocycles. The number of rotatable bonds is 15. The Bertz CT molecular complexity index is 257. The van der Waals surface area contributed by atoms with Crippen LogP contribution in [0, 0.1) is 0 Å². The van der Waals surface area contributed by atoms with Gasteiger partial charge in [-0.3, -0.25) is 9.69 Å². The third kappa shape index (κ3) is 13.9. The monoisotopic (exact) mass is 298 g/mol. The topological polar surface area (TPSA) is 52.6 Å². The van der Waals surface area contributed by atoms with Crippen molar-refractivity contribution in [3.05, 3.63) is 12.7 Å². The molecule has 0 aliphatic rings. The van der Waals surface area contributed by atoms with Crippen molar-refractivity contribution >= 4 is 5.91 Å². The van der Waals surface area contributed by atoms with Crippen molar-refractivity contribution in [1.29, 1.82) is 0 Å². The van der Waals surface area contributed by atoms with E-state index in [0.29, 0.717) is 19.7 Å². The van der Waals surface area contributed by atoms with Crippen LogP contribution < -0.4 is 5.32 Å². The average Bonchev–Trinajstić information content (AvgIpc) is 2.50. The molecule has 4 nitrogen and oxygen atoms in total. The van der Waals surface area contributed by atoms with Gasteiger partial charge in [-0.1, -0.05) is 45.1 Å². The van der Waals surface area contributed by atoms with E-state index in [2.05, 4.69) is 23.7 Å². The van der Waals surface area contributed by atoms with Crippen molar-refractivity contribution in [2.24, 2.45) is 0 Å². The molecule has 0 saturated carbocycles. The summed E-state index contributed by atoms with van der Waals surface area (Å²) in [5, 5.41) is 11.7. The summed E-state index contributed by atoms with van der Waals surface area (Å²) in [6, 6.07) is 0. The van der Waals surface area contributed by atoms with Gasteiger partial charge in [0.1, 0.15) is 0 Å². The molecule has 0 atom stereocenters. The Kier molecular flexibility index (Phi) is 14.9. The average molecular weight is 298 g/mol. The molecule has 124 valence electrons. The SMILES string of the molecule is C=CCCC(=O)NCN(CC)CCCCCCCCCO. The highest BCUT2D eigenvalue weighted by Crippen LogP contribution is 2.07. The van der Waals surface area contributed by atoms with E-state index in [1.807, 2.05) is 0 Å². The van der Waals surface area contributed by atoms with Crippen LogP contribution in [0.4, 0.5) is 0 Å². The van der Waals surface area contributed by atoms with E-state index in [0.717, 1.165) is 32.4 Å². The maximum absolute atomic E-state index is 11.5. The fraction of sp³-hybridized carbons (Fsp3) is 0.824. The van der Waals surface area contributed by atoms with Crippen molar-refractivity contribution in [3.8, 4) is 0 Å². The van der Waals surface area contributed by atoms with Crippen LogP contribution in [0.3, 0.4) is 0 Å². The second kappa shape index (κ2) is 15.5. The van der Waals surface area contributed by atoms with Gasteiger partial charge in [0.05, 0.1) is 6.67 Å². The highest BCUT2D eigenvalue weighted by atomic mass is 16.2. The van der Waals surface area contributed by atoms with Crippen LogP contribution in [0.2, 0.25) is 0 Å². The van der Waals surface area contributed by atoms with Gasteiger partial charge in [-0.05, 0) is 32.4 Å². The second-order valence-corrected chi connectivity index (χ2v) is 5.49. The molecular formula is C17H34N2O2. The molecule has 0 unspecified atom stereocenters. The van der Waals surface area contributed by atoms with Crippen LogP contribution in [0.1, 0.15) is 64.7 Å². The van der Waals surface area contributed by atoms with Gasteiger partial charge in [0, 0.05) is 13.0 Å². The number of carbonyl (C=O) groups is 1. The number of amides is 1. The van der Waals surface area contributed by atoms with Crippen LogP contribution in [0.25, 0.3) is 0 Å². The van der Waals surface area contributed by atoms with Gasteiger partial charge in [-0.2, -0.15) is 0 Å². The summed E-state index contributed by atoms with van der Waals surface area (Å²) in [6.07, 6.45) is 11.4. The Morgan fingerprint density at radius 3 is 2.33 bits per heavy atom. The van der Waals surface area contributed by atoms with E-state index in [1.54, 1.807) is 6.08 Å². The number of hydrogen-bond acceptors (Lipinski definition) is 3. The van der Waals surface area contributed by atoms with Crippen molar-refractivity contribution in [2.45, 2.75) is 64.7 Å². The van der Waals surface area contributed by atoms with Crippen LogP contribution in [0.15, 0.2) is 12.7 Å². The first-order valence-corrected chi connectivity index (χ1v) is 8.45. The zero-order valence-corrected chi connectivity index (χ0v) is 13.8. The predicted octanol–water partition coefficient (Wildman–Crippen LogP) is 3.07. The zero-order valence-electron chi connectivity index (χ0n) is 13.8. The number of unbranched alkanes of at least 4 members (excludes halogenated alkanes) is 6. The van der Waals surface area contributed by atoms with Crippen molar-refractivity contribution in [1.82, 2.24) is 10.2 Å². The molecule has 0 fully saturated rings. The van der Waals surface area contributed by atoms with Crippen molar-refractivity contribution in [3.63, 3.8) is 0 Å². The molecule has 1 amide bonds. The molecule has 0 aromatic heterocycles. The Labute approximate surface area is 130 Å². The number of carbonyl (C=O) groups excluding carboxylic acids is 1. The third-order valence-electron chi connectivity index (χ3n) is 3.66. The minimum Gasteiger partial charge on any atom is -0.396 e. The molecule has 0 rings (SSSR count). The molecule has 0 spiro atoms. The first-order valence-electron chi connectivity index (χ1n) is 8.45. The van der Waals surface area contributed by atoms with Gasteiger partial charge < -0.3 is 10.4 Å². The first kappa shape index (κ1) is 20.1. The lowest BCUT2D eigenvalue weighted by Crippen LogP contribution is -2.37. The van der Waals surface area contributed by atoms with Crippen LogP contribution >= 0.6 is 0 Å². The summed E-state index contributed by atoms with van der Waals surface area (Å²) in [6.45, 7) is 8.75. The van der Waals surface area contributed by atoms with Crippen LogP contribution in [0.5, 0.6) is 0 Å². The van der Waals surface area contributed by atoms with Crippen molar-refractivity contribution in [2.75, 3.05) is 26.4 Å². The Balaban J connectivity index is 3.48. The molecule has 0 bridgehead atoms. The molecule has 2 N–H and O–H groups in total. The quantitative estimate of drug-likeness (QED) is 0.277. The normalized spacial score (nSPS) is 10.8. The standard InChI is InChI=1S/C17H34N2O2/c1-3-5-13-17(21)18-16-19(4-2)14-11-9-7-6-8-10-12-15-20/h3,20H,1,4-16H2,2H3,(H,18,21). The maximum Gasteiger partial charge on any atom is 0.221 e. The first-order chi connectivity index (χ1) is 10.2. The fourth-order valence-corrected chi connectivity index (χ4v) is 2.20. The smallest absolute Gasteiger partial charge is 0.221 e. The minimum absolute atomic E-state index is 0.109. The lowest BCUT2D eigenvalue weighted by atomic mass is 10.1. The Hall–Kier alpha value is -0.870. The minimum atomic E-state index is 0.109. The van der Waals surface area contributed by atoms with Gasteiger partial charge >= 0.3 is 0 Å². The molecule has 4 heteroatoms. The molecule has 0 saturated heterocycles. The van der Waals surface area contributed by atoms with E-state index in [4.69, 9.17) is 5.11 Å². The molecule has 21 heavy (non-hydrogen) atoms. The zero-order chi connectivity index (χ0) is 15.8. The van der Waals surface area contributed by atoms with Gasteiger partial charge in [-0.15, -0.1) is 6.58 Å². The predicted molar refractivity (Wildman–Crippen MR) is 89.1 cm³/mol. The van der Waals surface area contributed by atoms with Gasteiger partial charge in [-0.25, -0.2) is 0 Å². The molecule has 0 radical (unpaired) electrons. The summed E-state index contributed by atoms with van der Waals surface area (Å²) >= 11 is 0. The molecule has 0 aromatic rings. The summed E-state index contributed by atoms with van der Waals surface area (Å²) in [5.41, 5.74) is 0. The summed E-state index contributed by atoms with van der Waals surface area (Å²) in [7, 11) is 0. The van der Waals surface area contributed by atoms with E-state index in [1.165, 1.54) is 32.1 Å². The van der Waals surface area contributed by atoms with Crippen molar-refractivity contribution < 1.29 is 9.90 Å². The number of aliphatic hydroxyl groups is 1. The molecule has 0 aliphatic carbocycles. The van der Waals surface area contributed by atoms with E-state index < -0.39 is 0 Å². The summed E-state index contributed by atoms with van der Waals surface area (Å²) in [5.74, 6) is 0.109. The highest BCUT2D eigenvalue weighted by Gasteiger charge is 2.04. The Morgan fingerprint density at radius 1 is 1.14 bits per heavy atom. The molecular weight excluding hydrogens is 264 g/mol. The Morgan fingerprint density at radius 2 is 1.76 bits per heavy atom. The van der Waals surface area contributed by atoms with Gasteiger partial charge in [0.15, 0.2) is 0 Å². The highest BCUT2D eigenvalue weighted by molar-refractivity contribution is 5.75. The van der Waals surface area contributed by atoms with Gasteiger partial charge in [0.25, 0.3) is 0 Å². The van der Waals surface area contributed by atoms with Gasteiger partial charge in [0.2, 0.25) is 5.91 Å². The van der Waals surface area contributed by atoms with E-state index in [9.17, 15) is 4.79 Å². The largest absolute Gasteiger partial charge is 0.396 e. The maximum atomic E-state index is 11.5. The number of hydrogen-bond donors (Lipinski definition) is 2. The van der Waals surface area contributed by atoms with Crippen LogP contribution in [-0.2, 0) is 4.79 Å². The summed E-state index contributed by atoms with van der Waals surface area (Å²) in [4.78, 5) is 13.8. The molecule has 0 heterocycles. The fourth-order valence-electron chi connectivity index (χ4n) is 2.20. The van der Waals surface area contributed by atoms with E-state index in [-0.39, 0.29) is 5.91 Å². The number of nitrogens with zero attached hydrogens (tertiary/aromatic N) is 1. The van der Waals surface area contributed by atoms with E-state index >= 15 is 0 Å². The third-order valence-corrected chi connectivity index (χ3v) is 3.66. The number of nitrogens with one attached hydrogen (secondary N) is 1. The number of allylic oxidation sites excluding steroid dienone is 1. The molecule has 0 aliphatic heterocycles. The summed E-state index contributed by atoms with van der Waals surface area (Å²) < 4.78 is 0. The lowest BCUT2D eigenvalue weighted by Gasteiger charge is -2.20.